The number of hydrogen-bond acceptors (Lipinski definition) is 5. The lowest BCUT2D eigenvalue weighted by molar-refractivity contribution is 0.128. The van der Waals surface area contributed by atoms with Crippen molar-refractivity contribution in [3.63, 3.8) is 0 Å². The summed E-state index contributed by atoms with van der Waals surface area (Å²) < 4.78 is 5.39. The lowest BCUT2D eigenvalue weighted by atomic mass is 10.0. The number of piperidine rings is 1. The van der Waals surface area contributed by atoms with Gasteiger partial charge in [0.25, 0.3) is 0 Å². The molecular weight excluding hydrogens is 300 g/mol. The first-order chi connectivity index (χ1) is 10.3. The van der Waals surface area contributed by atoms with Gasteiger partial charge < -0.3 is 10.3 Å². The number of rotatable bonds is 5. The summed E-state index contributed by atoms with van der Waals surface area (Å²) in [6, 6.07) is 10.7. The fraction of sp³-hybridized carbons (Fsp3) is 0.500. The van der Waals surface area contributed by atoms with Gasteiger partial charge in [0.1, 0.15) is 0 Å². The van der Waals surface area contributed by atoms with Crippen LogP contribution in [-0.4, -0.2) is 34.2 Å². The summed E-state index contributed by atoms with van der Waals surface area (Å²) in [5.74, 6) is 1.44. The molecule has 0 bridgehead atoms. The molecule has 0 aliphatic carbocycles. The predicted molar refractivity (Wildman–Crippen MR) is 87.9 cm³/mol. The van der Waals surface area contributed by atoms with Gasteiger partial charge in [-0.2, -0.15) is 4.98 Å². The maximum absolute atomic E-state index is 5.85. The van der Waals surface area contributed by atoms with Crippen LogP contribution in [0.1, 0.15) is 36.5 Å². The van der Waals surface area contributed by atoms with Crippen LogP contribution in [0.4, 0.5) is 0 Å². The molecule has 0 radical (unpaired) electrons. The minimum absolute atomic E-state index is 0. The molecule has 0 amide bonds. The molecule has 22 heavy (non-hydrogen) atoms. The Labute approximate surface area is 137 Å². The molecule has 3 rings (SSSR count). The van der Waals surface area contributed by atoms with E-state index in [4.69, 9.17) is 10.3 Å². The molecule has 1 aliphatic rings. The van der Waals surface area contributed by atoms with Gasteiger partial charge in [-0.05, 0) is 24.9 Å². The van der Waals surface area contributed by atoms with Crippen molar-refractivity contribution < 1.29 is 4.52 Å². The van der Waals surface area contributed by atoms with E-state index in [9.17, 15) is 0 Å². The number of nitrogens with two attached hydrogens (primary N) is 1. The third-order valence-corrected chi connectivity index (χ3v) is 4.07. The minimum Gasteiger partial charge on any atom is -0.338 e. The molecule has 5 nitrogen and oxygen atoms in total. The number of benzene rings is 1. The average Bonchev–Trinajstić information content (AvgIpc) is 2.96. The van der Waals surface area contributed by atoms with E-state index in [0.29, 0.717) is 31.4 Å². The molecule has 1 aromatic carbocycles. The summed E-state index contributed by atoms with van der Waals surface area (Å²) in [6.45, 7) is 2.48. The molecule has 2 N–H and O–H groups in total. The van der Waals surface area contributed by atoms with Gasteiger partial charge in [0.05, 0.1) is 6.54 Å². The number of nitrogens with zero attached hydrogens (tertiary/aromatic N) is 3. The zero-order chi connectivity index (χ0) is 14.5. The first-order valence-corrected chi connectivity index (χ1v) is 7.64. The Morgan fingerprint density at radius 1 is 1.23 bits per heavy atom. The summed E-state index contributed by atoms with van der Waals surface area (Å²) in [6.07, 6.45) is 4.37. The second kappa shape index (κ2) is 8.27. The summed E-state index contributed by atoms with van der Waals surface area (Å²) in [5.41, 5.74) is 7.04. The Balaban J connectivity index is 0.00000176. The van der Waals surface area contributed by atoms with Crippen molar-refractivity contribution in [1.82, 2.24) is 15.0 Å². The van der Waals surface area contributed by atoms with E-state index >= 15 is 0 Å². The number of likely N-dealkylation sites (tertiary alicyclic amines) is 1. The van der Waals surface area contributed by atoms with E-state index in [-0.39, 0.29) is 12.4 Å². The molecule has 0 spiro atoms. The zero-order valence-electron chi connectivity index (χ0n) is 12.6. The number of hydrogen-bond donors (Lipinski definition) is 1. The van der Waals surface area contributed by atoms with Crippen molar-refractivity contribution in [1.29, 1.82) is 0 Å². The molecule has 2 aromatic rings. The zero-order valence-corrected chi connectivity index (χ0v) is 13.5. The predicted octanol–water partition coefficient (Wildman–Crippen LogP) is 2.40. The van der Waals surface area contributed by atoms with Gasteiger partial charge in [-0.1, -0.05) is 41.9 Å². The standard InChI is InChI=1S/C16H22N4O.ClH/c17-11-14-8-4-5-9-20(14)12-16-18-15(19-21-16)10-13-6-2-1-3-7-13;/h1-3,6-7,14H,4-5,8-12,17H2;1H. The molecule has 1 fully saturated rings. The van der Waals surface area contributed by atoms with Crippen molar-refractivity contribution in [3.8, 4) is 0 Å². The highest BCUT2D eigenvalue weighted by molar-refractivity contribution is 5.85. The normalized spacial score (nSPS) is 18.9. The van der Waals surface area contributed by atoms with Crippen LogP contribution in [0.3, 0.4) is 0 Å². The van der Waals surface area contributed by atoms with Gasteiger partial charge >= 0.3 is 0 Å². The van der Waals surface area contributed by atoms with Gasteiger partial charge in [-0.25, -0.2) is 0 Å². The van der Waals surface area contributed by atoms with Crippen molar-refractivity contribution >= 4 is 12.4 Å². The largest absolute Gasteiger partial charge is 0.338 e. The third kappa shape index (κ3) is 4.29. The van der Waals surface area contributed by atoms with E-state index in [0.717, 1.165) is 12.4 Å². The molecule has 0 saturated carbocycles. The molecule has 2 heterocycles. The maximum atomic E-state index is 5.85. The Kier molecular flexibility index (Phi) is 6.36. The summed E-state index contributed by atoms with van der Waals surface area (Å²) in [7, 11) is 0. The molecule has 1 aliphatic heterocycles. The van der Waals surface area contributed by atoms with E-state index in [1.807, 2.05) is 18.2 Å². The lowest BCUT2D eigenvalue weighted by Gasteiger charge is -2.33. The fourth-order valence-electron chi connectivity index (χ4n) is 2.91. The average molecular weight is 323 g/mol. The van der Waals surface area contributed by atoms with Gasteiger partial charge in [-0.3, -0.25) is 4.90 Å². The van der Waals surface area contributed by atoms with E-state index < -0.39 is 0 Å². The van der Waals surface area contributed by atoms with Crippen molar-refractivity contribution in [2.45, 2.75) is 38.3 Å². The highest BCUT2D eigenvalue weighted by Crippen LogP contribution is 2.18. The second-order valence-electron chi connectivity index (χ2n) is 5.62. The highest BCUT2D eigenvalue weighted by atomic mass is 35.5. The lowest BCUT2D eigenvalue weighted by Crippen LogP contribution is -2.43. The van der Waals surface area contributed by atoms with Crippen LogP contribution in [0.5, 0.6) is 0 Å². The summed E-state index contributed by atoms with van der Waals surface area (Å²) in [5, 5.41) is 4.08. The third-order valence-electron chi connectivity index (χ3n) is 4.07. The highest BCUT2D eigenvalue weighted by Gasteiger charge is 2.23. The van der Waals surface area contributed by atoms with Gasteiger partial charge in [-0.15, -0.1) is 12.4 Å². The van der Waals surface area contributed by atoms with E-state index in [2.05, 4.69) is 27.2 Å². The van der Waals surface area contributed by atoms with Crippen molar-refractivity contribution in [3.05, 3.63) is 47.6 Å². The van der Waals surface area contributed by atoms with Crippen LogP contribution in [0.2, 0.25) is 0 Å². The Hall–Kier alpha value is -1.43. The van der Waals surface area contributed by atoms with Gasteiger partial charge in [0.15, 0.2) is 5.82 Å². The topological polar surface area (TPSA) is 68.2 Å². The first kappa shape index (κ1) is 16.9. The Bertz CT molecular complexity index is 560. The molecular formula is C16H23ClN4O. The fourth-order valence-corrected chi connectivity index (χ4v) is 2.91. The van der Waals surface area contributed by atoms with Crippen LogP contribution >= 0.6 is 12.4 Å². The Morgan fingerprint density at radius 2 is 2.05 bits per heavy atom. The van der Waals surface area contributed by atoms with Gasteiger partial charge in [0, 0.05) is 19.0 Å². The number of halogens is 1. The quantitative estimate of drug-likeness (QED) is 0.915. The molecule has 1 atom stereocenters. The van der Waals surface area contributed by atoms with Crippen LogP contribution in [0.25, 0.3) is 0 Å². The smallest absolute Gasteiger partial charge is 0.240 e. The monoisotopic (exact) mass is 322 g/mol. The maximum Gasteiger partial charge on any atom is 0.240 e. The first-order valence-electron chi connectivity index (χ1n) is 7.64. The summed E-state index contributed by atoms with van der Waals surface area (Å²) in [4.78, 5) is 6.87. The molecule has 1 aromatic heterocycles. The SMILES string of the molecule is Cl.NCC1CCCCN1Cc1nc(Cc2ccccc2)no1. The second-order valence-corrected chi connectivity index (χ2v) is 5.62. The molecule has 120 valence electrons. The molecule has 1 saturated heterocycles. The van der Waals surface area contributed by atoms with Crippen LogP contribution in [-0.2, 0) is 13.0 Å². The number of aromatic nitrogens is 2. The van der Waals surface area contributed by atoms with E-state index in [1.54, 1.807) is 0 Å². The molecule has 6 heteroatoms. The Morgan fingerprint density at radius 3 is 2.82 bits per heavy atom. The minimum atomic E-state index is 0. The van der Waals surface area contributed by atoms with Crippen LogP contribution in [0, 0.1) is 0 Å². The molecule has 1 unspecified atom stereocenters. The van der Waals surface area contributed by atoms with Crippen molar-refractivity contribution in [2.24, 2.45) is 5.73 Å². The van der Waals surface area contributed by atoms with Gasteiger partial charge in [0.2, 0.25) is 5.89 Å². The van der Waals surface area contributed by atoms with Crippen LogP contribution < -0.4 is 5.73 Å². The van der Waals surface area contributed by atoms with Crippen LogP contribution in [0.15, 0.2) is 34.9 Å². The van der Waals surface area contributed by atoms with E-state index in [1.165, 1.54) is 24.8 Å². The van der Waals surface area contributed by atoms with Crippen molar-refractivity contribution in [2.75, 3.05) is 13.1 Å². The summed E-state index contributed by atoms with van der Waals surface area (Å²) >= 11 is 0.